The second-order valence-electron chi connectivity index (χ2n) is 6.83. The zero-order valence-electron chi connectivity index (χ0n) is 14.8. The van der Waals surface area contributed by atoms with Gasteiger partial charge in [-0.2, -0.15) is 0 Å². The van der Waals surface area contributed by atoms with E-state index in [0.29, 0.717) is 0 Å². The van der Waals surface area contributed by atoms with Crippen molar-refractivity contribution < 1.29 is 8.78 Å². The Kier molecular flexibility index (Phi) is 5.12. The number of aromatic nitrogens is 2. The molecule has 1 heterocycles. The van der Waals surface area contributed by atoms with Crippen molar-refractivity contribution in [1.82, 2.24) is 15.3 Å². The highest BCUT2D eigenvalue weighted by Crippen LogP contribution is 2.29. The van der Waals surface area contributed by atoms with Crippen molar-refractivity contribution >= 4 is 5.57 Å². The van der Waals surface area contributed by atoms with E-state index >= 15 is 0 Å². The number of rotatable bonds is 5. The minimum Gasteiger partial charge on any atom is -0.347 e. The van der Waals surface area contributed by atoms with Crippen LogP contribution in [0.5, 0.6) is 0 Å². The summed E-state index contributed by atoms with van der Waals surface area (Å²) in [5.74, 6) is 0.353. The first-order valence-corrected chi connectivity index (χ1v) is 9.15. The van der Waals surface area contributed by atoms with E-state index in [0.717, 1.165) is 36.2 Å². The lowest BCUT2D eigenvalue weighted by Gasteiger charge is -2.28. The first-order valence-electron chi connectivity index (χ1n) is 9.15. The Balaban J connectivity index is 1.49. The van der Waals surface area contributed by atoms with Crippen molar-refractivity contribution in [3.8, 4) is 0 Å². The molecule has 1 aromatic heterocycles. The quantitative estimate of drug-likeness (QED) is 0.668. The number of H-pyrrole nitrogens is 1. The predicted octanol–water partition coefficient (Wildman–Crippen LogP) is 5.00. The van der Waals surface area contributed by atoms with Crippen molar-refractivity contribution in [2.24, 2.45) is 0 Å². The summed E-state index contributed by atoms with van der Waals surface area (Å²) in [4.78, 5) is 7.55. The van der Waals surface area contributed by atoms with Gasteiger partial charge >= 0.3 is 0 Å². The maximum Gasteiger partial charge on any atom is 0.127 e. The lowest BCUT2D eigenvalue weighted by molar-refractivity contribution is 0.434. The maximum atomic E-state index is 13.3. The fraction of sp³-hybridized carbons (Fsp3) is 0.227. The van der Waals surface area contributed by atoms with Crippen LogP contribution >= 0.6 is 0 Å². The number of allylic oxidation sites excluding steroid dienone is 1. The third kappa shape index (κ3) is 4.14. The largest absolute Gasteiger partial charge is 0.347 e. The Morgan fingerprint density at radius 1 is 1.00 bits per heavy atom. The van der Waals surface area contributed by atoms with Crippen LogP contribution in [0.2, 0.25) is 0 Å². The van der Waals surface area contributed by atoms with Gasteiger partial charge in [-0.1, -0.05) is 30.3 Å². The first kappa shape index (κ1) is 17.6. The number of nitrogens with one attached hydrogen (secondary N) is 2. The van der Waals surface area contributed by atoms with Gasteiger partial charge in [0.25, 0.3) is 0 Å². The summed E-state index contributed by atoms with van der Waals surface area (Å²) in [7, 11) is 0. The molecule has 27 heavy (non-hydrogen) atoms. The molecule has 2 atom stereocenters. The lowest BCUT2D eigenvalue weighted by Crippen LogP contribution is -2.35. The Hall–Kier alpha value is -2.79. The molecule has 0 saturated heterocycles. The SMILES string of the molecule is Fc1ccc(C2=CCC(NC(c3ccc(F)cc3)c3ncc[nH]3)CC2)cc1. The van der Waals surface area contributed by atoms with Gasteiger partial charge in [0.05, 0.1) is 6.04 Å². The van der Waals surface area contributed by atoms with Gasteiger partial charge in [-0.15, -0.1) is 0 Å². The van der Waals surface area contributed by atoms with Gasteiger partial charge in [-0.3, -0.25) is 0 Å². The van der Waals surface area contributed by atoms with E-state index < -0.39 is 0 Å². The first-order chi connectivity index (χ1) is 13.2. The lowest BCUT2D eigenvalue weighted by atomic mass is 9.90. The Bertz CT molecular complexity index is 900. The molecule has 1 aliphatic rings. The molecular formula is C22H21F2N3. The molecular weight excluding hydrogens is 344 g/mol. The summed E-state index contributed by atoms with van der Waals surface area (Å²) in [6.07, 6.45) is 8.52. The second-order valence-corrected chi connectivity index (χ2v) is 6.83. The van der Waals surface area contributed by atoms with E-state index in [1.54, 1.807) is 24.5 Å². The number of hydrogen-bond acceptors (Lipinski definition) is 2. The van der Waals surface area contributed by atoms with Crippen LogP contribution in [0.1, 0.15) is 42.3 Å². The number of aromatic amines is 1. The molecule has 4 rings (SSSR count). The summed E-state index contributed by atoms with van der Waals surface area (Å²) in [5, 5.41) is 3.65. The summed E-state index contributed by atoms with van der Waals surface area (Å²) >= 11 is 0. The normalized spacial score (nSPS) is 18.1. The van der Waals surface area contributed by atoms with Crippen LogP contribution in [0.25, 0.3) is 5.57 Å². The maximum absolute atomic E-state index is 13.3. The molecule has 0 saturated carbocycles. The number of benzene rings is 2. The molecule has 1 aliphatic carbocycles. The fourth-order valence-electron chi connectivity index (χ4n) is 3.57. The van der Waals surface area contributed by atoms with E-state index in [2.05, 4.69) is 21.4 Å². The van der Waals surface area contributed by atoms with Crippen molar-refractivity contribution in [3.63, 3.8) is 0 Å². The molecule has 3 aromatic rings. The van der Waals surface area contributed by atoms with Crippen molar-refractivity contribution in [2.45, 2.75) is 31.3 Å². The van der Waals surface area contributed by atoms with Crippen LogP contribution in [-0.2, 0) is 0 Å². The van der Waals surface area contributed by atoms with Crippen LogP contribution in [0.15, 0.2) is 67.0 Å². The third-order valence-electron chi connectivity index (χ3n) is 5.02. The van der Waals surface area contributed by atoms with Gasteiger partial charge in [-0.05, 0) is 60.2 Å². The molecule has 138 valence electrons. The smallest absolute Gasteiger partial charge is 0.127 e. The van der Waals surface area contributed by atoms with Crippen molar-refractivity contribution in [2.75, 3.05) is 0 Å². The highest BCUT2D eigenvalue weighted by atomic mass is 19.1. The van der Waals surface area contributed by atoms with Gasteiger partial charge in [0.1, 0.15) is 17.5 Å². The molecule has 5 heteroatoms. The predicted molar refractivity (Wildman–Crippen MR) is 102 cm³/mol. The molecule has 2 aromatic carbocycles. The molecule has 2 unspecified atom stereocenters. The summed E-state index contributed by atoms with van der Waals surface area (Å²) < 4.78 is 26.4. The van der Waals surface area contributed by atoms with Gasteiger partial charge in [0, 0.05) is 18.4 Å². The van der Waals surface area contributed by atoms with Crippen molar-refractivity contribution in [3.05, 3.63) is 95.6 Å². The zero-order chi connectivity index (χ0) is 18.6. The highest BCUT2D eigenvalue weighted by Gasteiger charge is 2.23. The van der Waals surface area contributed by atoms with E-state index in [4.69, 9.17) is 0 Å². The standard InChI is InChI=1S/C22H21F2N3/c23-18-7-1-15(2-8-18)16-5-11-20(12-6-16)27-21(22-25-13-14-26-22)17-3-9-19(24)10-4-17/h1-5,7-10,13-14,20-21,27H,6,11-12H2,(H,25,26). The van der Waals surface area contributed by atoms with Gasteiger partial charge < -0.3 is 10.3 Å². The Morgan fingerprint density at radius 2 is 1.70 bits per heavy atom. The summed E-state index contributed by atoms with van der Waals surface area (Å²) in [6.45, 7) is 0. The topological polar surface area (TPSA) is 40.7 Å². The second kappa shape index (κ2) is 7.84. The van der Waals surface area contributed by atoms with E-state index in [-0.39, 0.29) is 23.7 Å². The van der Waals surface area contributed by atoms with Gasteiger partial charge in [0.2, 0.25) is 0 Å². The number of nitrogens with zero attached hydrogens (tertiary/aromatic N) is 1. The third-order valence-corrected chi connectivity index (χ3v) is 5.02. The molecule has 0 aliphatic heterocycles. The monoisotopic (exact) mass is 365 g/mol. The van der Waals surface area contributed by atoms with Crippen molar-refractivity contribution in [1.29, 1.82) is 0 Å². The fourth-order valence-corrected chi connectivity index (χ4v) is 3.57. The van der Waals surface area contributed by atoms with Gasteiger partial charge in [0.15, 0.2) is 0 Å². The van der Waals surface area contributed by atoms with Crippen LogP contribution in [0.4, 0.5) is 8.78 Å². The highest BCUT2D eigenvalue weighted by molar-refractivity contribution is 5.66. The zero-order valence-corrected chi connectivity index (χ0v) is 14.8. The van der Waals surface area contributed by atoms with Crippen LogP contribution in [0, 0.1) is 11.6 Å². The van der Waals surface area contributed by atoms with E-state index in [1.165, 1.54) is 29.8 Å². The van der Waals surface area contributed by atoms with Crippen LogP contribution in [0.3, 0.4) is 0 Å². The molecule has 0 spiro atoms. The molecule has 3 nitrogen and oxygen atoms in total. The average Bonchev–Trinajstić information content (AvgIpc) is 3.23. The molecule has 0 fully saturated rings. The van der Waals surface area contributed by atoms with Gasteiger partial charge in [-0.25, -0.2) is 13.8 Å². The Labute approximate surface area is 157 Å². The number of imidazole rings is 1. The molecule has 0 radical (unpaired) electrons. The number of halogens is 2. The molecule has 0 amide bonds. The molecule has 0 bridgehead atoms. The minimum absolute atomic E-state index is 0.119. The van der Waals surface area contributed by atoms with E-state index in [1.807, 2.05) is 12.1 Å². The number of hydrogen-bond donors (Lipinski definition) is 2. The average molecular weight is 365 g/mol. The Morgan fingerprint density at radius 3 is 2.30 bits per heavy atom. The molecule has 2 N–H and O–H groups in total. The summed E-state index contributed by atoms with van der Waals surface area (Å²) in [5.41, 5.74) is 3.31. The van der Waals surface area contributed by atoms with E-state index in [9.17, 15) is 8.78 Å². The van der Waals surface area contributed by atoms with Crippen LogP contribution < -0.4 is 5.32 Å². The summed E-state index contributed by atoms with van der Waals surface area (Å²) in [6, 6.07) is 13.4. The minimum atomic E-state index is -0.249. The van der Waals surface area contributed by atoms with Crippen LogP contribution in [-0.4, -0.2) is 16.0 Å².